The van der Waals surface area contributed by atoms with Crippen molar-refractivity contribution in [1.82, 2.24) is 9.78 Å². The maximum Gasteiger partial charge on any atom is 0.0820 e. The standard InChI is InChI=1S/C11H16Cl2N2/c1-7(2)15-11(10(13)6-14-15)8-3-4-9(12)5-8/h6-9H,3-5H2,1-2H3. The predicted octanol–water partition coefficient (Wildman–Crippen LogP) is 3.99. The molecule has 1 aliphatic carbocycles. The van der Waals surface area contributed by atoms with E-state index in [1.165, 1.54) is 5.69 Å². The van der Waals surface area contributed by atoms with Gasteiger partial charge in [-0.25, -0.2) is 0 Å². The highest BCUT2D eigenvalue weighted by molar-refractivity contribution is 6.31. The van der Waals surface area contributed by atoms with E-state index in [0.717, 1.165) is 24.3 Å². The van der Waals surface area contributed by atoms with Crippen LogP contribution >= 0.6 is 23.2 Å². The fraction of sp³-hybridized carbons (Fsp3) is 0.727. The Morgan fingerprint density at radius 3 is 2.73 bits per heavy atom. The molecule has 2 unspecified atom stereocenters. The van der Waals surface area contributed by atoms with Crippen LogP contribution in [0.15, 0.2) is 6.20 Å². The molecule has 0 amide bonds. The SMILES string of the molecule is CC(C)n1ncc(Cl)c1C1CCC(Cl)C1. The van der Waals surface area contributed by atoms with Crippen LogP contribution in [0.2, 0.25) is 5.02 Å². The molecule has 0 aromatic carbocycles. The van der Waals surface area contributed by atoms with Crippen molar-refractivity contribution in [3.05, 3.63) is 16.9 Å². The monoisotopic (exact) mass is 246 g/mol. The van der Waals surface area contributed by atoms with Gasteiger partial charge < -0.3 is 0 Å². The van der Waals surface area contributed by atoms with Gasteiger partial charge in [-0.1, -0.05) is 11.6 Å². The van der Waals surface area contributed by atoms with Crippen molar-refractivity contribution < 1.29 is 0 Å². The van der Waals surface area contributed by atoms with Crippen molar-refractivity contribution in [3.63, 3.8) is 0 Å². The lowest BCUT2D eigenvalue weighted by Crippen LogP contribution is -2.10. The van der Waals surface area contributed by atoms with Gasteiger partial charge in [-0.2, -0.15) is 5.10 Å². The number of hydrogen-bond donors (Lipinski definition) is 0. The second-order valence-corrected chi connectivity index (χ2v) is 5.55. The number of rotatable bonds is 2. The van der Waals surface area contributed by atoms with Crippen LogP contribution in [0.1, 0.15) is 50.8 Å². The zero-order valence-electron chi connectivity index (χ0n) is 9.08. The average molecular weight is 247 g/mol. The lowest BCUT2D eigenvalue weighted by atomic mass is 10.0. The van der Waals surface area contributed by atoms with Gasteiger partial charge >= 0.3 is 0 Å². The fourth-order valence-electron chi connectivity index (χ4n) is 2.32. The van der Waals surface area contributed by atoms with Gasteiger partial charge in [0.05, 0.1) is 16.9 Å². The van der Waals surface area contributed by atoms with Crippen molar-refractivity contribution in [3.8, 4) is 0 Å². The molecule has 0 radical (unpaired) electrons. The number of hydrogen-bond acceptors (Lipinski definition) is 1. The lowest BCUT2D eigenvalue weighted by molar-refractivity contribution is 0.485. The molecule has 1 aromatic rings. The van der Waals surface area contributed by atoms with Crippen LogP contribution in [-0.2, 0) is 0 Å². The Morgan fingerprint density at radius 1 is 1.47 bits per heavy atom. The van der Waals surface area contributed by atoms with Crippen LogP contribution in [0, 0.1) is 0 Å². The zero-order valence-corrected chi connectivity index (χ0v) is 10.6. The predicted molar refractivity (Wildman–Crippen MR) is 63.9 cm³/mol. The summed E-state index contributed by atoms with van der Waals surface area (Å²) in [6.07, 6.45) is 5.00. The summed E-state index contributed by atoms with van der Waals surface area (Å²) in [5.41, 5.74) is 1.18. The Kier molecular flexibility index (Phi) is 3.27. The summed E-state index contributed by atoms with van der Waals surface area (Å²) in [5.74, 6) is 0.491. The first kappa shape index (κ1) is 11.3. The maximum atomic E-state index is 6.19. The molecule has 0 saturated heterocycles. The van der Waals surface area contributed by atoms with Gasteiger partial charge in [-0.3, -0.25) is 4.68 Å². The molecule has 0 spiro atoms. The summed E-state index contributed by atoms with van der Waals surface area (Å²) in [7, 11) is 0. The van der Waals surface area contributed by atoms with E-state index in [4.69, 9.17) is 23.2 Å². The van der Waals surface area contributed by atoms with Crippen LogP contribution < -0.4 is 0 Å². The van der Waals surface area contributed by atoms with E-state index in [9.17, 15) is 0 Å². The van der Waals surface area contributed by atoms with E-state index in [1.54, 1.807) is 6.20 Å². The molecular weight excluding hydrogens is 231 g/mol. The van der Waals surface area contributed by atoms with Gasteiger partial charge in [-0.15, -0.1) is 11.6 Å². The molecular formula is C11H16Cl2N2. The number of aromatic nitrogens is 2. The molecule has 1 fully saturated rings. The van der Waals surface area contributed by atoms with Crippen molar-refractivity contribution in [2.45, 2.75) is 50.4 Å². The molecule has 2 atom stereocenters. The Balaban J connectivity index is 2.30. The minimum absolute atomic E-state index is 0.307. The second kappa shape index (κ2) is 4.34. The minimum Gasteiger partial charge on any atom is -0.265 e. The largest absolute Gasteiger partial charge is 0.265 e. The van der Waals surface area contributed by atoms with E-state index in [-0.39, 0.29) is 0 Å². The number of alkyl halides is 1. The molecule has 1 aromatic heterocycles. The van der Waals surface area contributed by atoms with Crippen LogP contribution in [0.25, 0.3) is 0 Å². The van der Waals surface area contributed by atoms with E-state index >= 15 is 0 Å². The van der Waals surface area contributed by atoms with E-state index in [2.05, 4.69) is 18.9 Å². The van der Waals surface area contributed by atoms with Gasteiger partial charge in [0.15, 0.2) is 0 Å². The third-order valence-electron chi connectivity index (χ3n) is 3.03. The Morgan fingerprint density at radius 2 is 2.20 bits per heavy atom. The first-order chi connectivity index (χ1) is 7.09. The van der Waals surface area contributed by atoms with Crippen LogP contribution in [0.4, 0.5) is 0 Å². The summed E-state index contributed by atoms with van der Waals surface area (Å²) in [6, 6.07) is 0.363. The third kappa shape index (κ3) is 2.16. The van der Waals surface area contributed by atoms with Crippen molar-refractivity contribution in [1.29, 1.82) is 0 Å². The highest BCUT2D eigenvalue weighted by Gasteiger charge is 2.29. The smallest absolute Gasteiger partial charge is 0.0820 e. The van der Waals surface area contributed by atoms with Gasteiger partial charge in [0.1, 0.15) is 0 Å². The molecule has 0 N–H and O–H groups in total. The summed E-state index contributed by atoms with van der Waals surface area (Å²) in [5, 5.41) is 5.42. The van der Waals surface area contributed by atoms with Crippen molar-refractivity contribution in [2.24, 2.45) is 0 Å². The van der Waals surface area contributed by atoms with Gasteiger partial charge in [0, 0.05) is 17.3 Å². The normalized spacial score (nSPS) is 26.5. The van der Waals surface area contributed by atoms with E-state index in [0.29, 0.717) is 17.3 Å². The Bertz CT molecular complexity index is 346. The summed E-state index contributed by atoms with van der Waals surface area (Å²) in [6.45, 7) is 4.25. The lowest BCUT2D eigenvalue weighted by Gasteiger charge is -2.16. The molecule has 84 valence electrons. The highest BCUT2D eigenvalue weighted by Crippen LogP contribution is 2.40. The quantitative estimate of drug-likeness (QED) is 0.722. The molecule has 2 rings (SSSR count). The molecule has 15 heavy (non-hydrogen) atoms. The van der Waals surface area contributed by atoms with Crippen molar-refractivity contribution >= 4 is 23.2 Å². The van der Waals surface area contributed by atoms with Gasteiger partial charge in [-0.05, 0) is 33.1 Å². The first-order valence-electron chi connectivity index (χ1n) is 5.46. The zero-order chi connectivity index (χ0) is 11.0. The average Bonchev–Trinajstić information content (AvgIpc) is 2.71. The second-order valence-electron chi connectivity index (χ2n) is 4.52. The summed E-state index contributed by atoms with van der Waals surface area (Å²) < 4.78 is 2.03. The first-order valence-corrected chi connectivity index (χ1v) is 6.28. The molecule has 0 aliphatic heterocycles. The van der Waals surface area contributed by atoms with Crippen LogP contribution in [-0.4, -0.2) is 15.2 Å². The number of halogens is 2. The van der Waals surface area contributed by atoms with Crippen LogP contribution in [0.5, 0.6) is 0 Å². The van der Waals surface area contributed by atoms with E-state index in [1.807, 2.05) is 4.68 Å². The molecule has 2 nitrogen and oxygen atoms in total. The Labute approximate surface area is 101 Å². The van der Waals surface area contributed by atoms with Crippen LogP contribution in [0.3, 0.4) is 0 Å². The van der Waals surface area contributed by atoms with Crippen molar-refractivity contribution in [2.75, 3.05) is 0 Å². The third-order valence-corrected chi connectivity index (χ3v) is 3.72. The van der Waals surface area contributed by atoms with Gasteiger partial charge in [0.2, 0.25) is 0 Å². The Hall–Kier alpha value is -0.210. The molecule has 1 heterocycles. The maximum absolute atomic E-state index is 6.19. The number of nitrogens with zero attached hydrogens (tertiary/aromatic N) is 2. The minimum atomic E-state index is 0.307. The molecule has 4 heteroatoms. The molecule has 1 saturated carbocycles. The van der Waals surface area contributed by atoms with E-state index < -0.39 is 0 Å². The fourth-order valence-corrected chi connectivity index (χ4v) is 2.94. The summed E-state index contributed by atoms with van der Waals surface area (Å²) >= 11 is 12.3. The highest BCUT2D eigenvalue weighted by atomic mass is 35.5. The molecule has 1 aliphatic rings. The van der Waals surface area contributed by atoms with Gasteiger partial charge in [0.25, 0.3) is 0 Å². The molecule has 0 bridgehead atoms. The topological polar surface area (TPSA) is 17.8 Å². The summed E-state index contributed by atoms with van der Waals surface area (Å²) in [4.78, 5) is 0.